The summed E-state index contributed by atoms with van der Waals surface area (Å²) in [6.07, 6.45) is 6.26. The van der Waals surface area contributed by atoms with Crippen LogP contribution >= 0.6 is 34.5 Å². The zero-order valence-electron chi connectivity index (χ0n) is 44.4. The van der Waals surface area contributed by atoms with Gasteiger partial charge in [0.05, 0.1) is 76.1 Å². The molecule has 78 heavy (non-hydrogen) atoms. The molecule has 2 aliphatic rings. The van der Waals surface area contributed by atoms with Crippen LogP contribution in [-0.2, 0) is 51.3 Å². The Labute approximate surface area is 467 Å². The maximum absolute atomic E-state index is 14.1. The zero-order valence-corrected chi connectivity index (χ0v) is 46.7. The molecular weight excluding hydrogens is 1060 g/mol. The Morgan fingerprint density at radius 1 is 0.949 bits per heavy atom. The lowest BCUT2D eigenvalue weighted by molar-refractivity contribution is -0.142. The number of pyridine rings is 1. The van der Waals surface area contributed by atoms with Crippen molar-refractivity contribution in [3.63, 3.8) is 0 Å². The van der Waals surface area contributed by atoms with Crippen molar-refractivity contribution in [1.29, 1.82) is 0 Å². The Balaban J connectivity index is 0.743. The Kier molecular flexibility index (Phi) is 20.2. The van der Waals surface area contributed by atoms with E-state index in [4.69, 9.17) is 52.0 Å². The van der Waals surface area contributed by atoms with E-state index in [9.17, 15) is 24.3 Å². The number of carbonyl (C=O) groups excluding carboxylic acids is 4. The molecule has 4 amide bonds. The van der Waals surface area contributed by atoms with E-state index in [0.29, 0.717) is 28.0 Å². The van der Waals surface area contributed by atoms with Crippen molar-refractivity contribution in [2.24, 2.45) is 16.3 Å². The van der Waals surface area contributed by atoms with Gasteiger partial charge >= 0.3 is 0 Å². The van der Waals surface area contributed by atoms with Crippen molar-refractivity contribution < 1.29 is 48.0 Å². The van der Waals surface area contributed by atoms with Crippen LogP contribution in [0.3, 0.4) is 0 Å². The number of thiazole rings is 1. The number of hydrogen-bond acceptors (Lipinski definition) is 14. The standard InChI is InChI=1S/C57H66Cl2N8O10S/c1-35(38-12-14-39(15-13-38)54-36(2)63-34-78-54)64-55(71)49-24-41(68)30-66(49)56(72)45(57(3,4)5)27-62-51(70)33-75-22-20-73-19-21-74-32-50(69)61-26-37-9-8-10-40(23-37)53-43-25-42(77-31-44-46(58)28-60-29-47(44)59)16-17-48(43)67(65-53)52-11-6-7-18-76-52/h8-10,12-17,23,25,27-29,34-35,41,45,49,52,68H,6-7,11,18-22,24,26,30-33H2,1-5H3,(H,61,69)(H,64,71)/b62-27+/t35-,41+,45?,49-,52?/m0/s1. The molecule has 0 aliphatic carbocycles. The van der Waals surface area contributed by atoms with E-state index in [-0.39, 0.29) is 89.8 Å². The molecule has 2 fully saturated rings. The largest absolute Gasteiger partial charge is 0.489 e. The Morgan fingerprint density at radius 3 is 2.40 bits per heavy atom. The second-order valence-electron chi connectivity index (χ2n) is 20.4. The number of nitrogens with one attached hydrogen (secondary N) is 2. The molecule has 6 aromatic rings. The molecule has 0 bridgehead atoms. The SMILES string of the molecule is Cc1ncsc1-c1ccc([C@H](C)NC(=O)[C@@H]2C[C@@H](O)CN2C(=O)C(/C=N/C(=O)COCCOCCOCC(=O)NCc2cccc(-c3nn(C4CCCCO4)c4ccc(OCc5c(Cl)cncc5Cl)cc34)c2)C(C)(C)C)cc1. The molecule has 21 heteroatoms. The smallest absolute Gasteiger partial charge is 0.271 e. The number of halogens is 2. The minimum Gasteiger partial charge on any atom is -0.489 e. The van der Waals surface area contributed by atoms with Gasteiger partial charge in [-0.2, -0.15) is 5.10 Å². The summed E-state index contributed by atoms with van der Waals surface area (Å²) in [7, 11) is 0. The molecule has 8 rings (SSSR count). The van der Waals surface area contributed by atoms with Crippen molar-refractivity contribution in [3.05, 3.63) is 117 Å². The third kappa shape index (κ3) is 15.1. The van der Waals surface area contributed by atoms with Gasteiger partial charge in [-0.1, -0.05) is 86.4 Å². The highest BCUT2D eigenvalue weighted by atomic mass is 35.5. The first-order chi connectivity index (χ1) is 37.5. The van der Waals surface area contributed by atoms with Crippen LogP contribution in [-0.4, -0.2) is 125 Å². The summed E-state index contributed by atoms with van der Waals surface area (Å²) in [6.45, 7) is 10.5. The normalized spacial score (nSPS) is 17.6. The molecule has 0 spiro atoms. The number of aliphatic imine (C=N–C) groups is 1. The molecule has 3 aromatic heterocycles. The van der Waals surface area contributed by atoms with E-state index in [0.717, 1.165) is 68.7 Å². The number of ether oxygens (including phenoxy) is 5. The number of aromatic nitrogens is 4. The minimum absolute atomic E-state index is 0.0216. The number of hydrogen-bond donors (Lipinski definition) is 3. The van der Waals surface area contributed by atoms with Gasteiger partial charge in [-0.05, 0) is 79.5 Å². The Morgan fingerprint density at radius 2 is 1.69 bits per heavy atom. The number of nitrogens with zero attached hydrogens (tertiary/aromatic N) is 6. The van der Waals surface area contributed by atoms with Crippen LogP contribution in [0.1, 0.15) is 88.0 Å². The number of β-amino-alcohol motifs (C(OH)–C–C–N with tert-alkyl or cyclic N) is 1. The van der Waals surface area contributed by atoms with Crippen LogP contribution in [0.25, 0.3) is 32.6 Å². The fourth-order valence-corrected chi connectivity index (χ4v) is 10.6. The number of aryl methyl sites for hydroxylation is 1. The first-order valence-electron chi connectivity index (χ1n) is 26.0. The van der Waals surface area contributed by atoms with E-state index < -0.39 is 35.3 Å². The quantitative estimate of drug-likeness (QED) is 0.0404. The van der Waals surface area contributed by atoms with Gasteiger partial charge in [-0.3, -0.25) is 24.2 Å². The van der Waals surface area contributed by atoms with Gasteiger partial charge in [-0.25, -0.2) is 14.7 Å². The molecule has 5 heterocycles. The van der Waals surface area contributed by atoms with Gasteiger partial charge in [0.25, 0.3) is 5.91 Å². The second kappa shape index (κ2) is 27.1. The average molecular weight is 1130 g/mol. The number of aliphatic hydroxyl groups excluding tert-OH is 1. The van der Waals surface area contributed by atoms with Crippen LogP contribution < -0.4 is 15.4 Å². The van der Waals surface area contributed by atoms with Gasteiger partial charge < -0.3 is 44.3 Å². The van der Waals surface area contributed by atoms with Crippen LogP contribution in [0.5, 0.6) is 5.75 Å². The first kappa shape index (κ1) is 58.0. The van der Waals surface area contributed by atoms with E-state index in [2.05, 4.69) is 25.6 Å². The van der Waals surface area contributed by atoms with Crippen molar-refractivity contribution in [2.75, 3.05) is 52.8 Å². The van der Waals surface area contributed by atoms with Crippen molar-refractivity contribution in [3.8, 4) is 27.4 Å². The average Bonchev–Trinajstić information content (AvgIpc) is 4.32. The summed E-state index contributed by atoms with van der Waals surface area (Å²) < 4.78 is 30.8. The number of carbonyl (C=O) groups is 4. The number of likely N-dealkylation sites (tertiary alicyclic amines) is 1. The number of rotatable bonds is 23. The second-order valence-corrected chi connectivity index (χ2v) is 22.1. The maximum atomic E-state index is 14.1. The van der Waals surface area contributed by atoms with Crippen LogP contribution in [0.15, 0.2) is 89.6 Å². The predicted octanol–water partition coefficient (Wildman–Crippen LogP) is 8.88. The molecule has 414 valence electrons. The van der Waals surface area contributed by atoms with E-state index in [1.165, 1.54) is 23.5 Å². The van der Waals surface area contributed by atoms with Crippen molar-refractivity contribution in [2.45, 2.75) is 97.9 Å². The van der Waals surface area contributed by atoms with Gasteiger partial charge in [0.2, 0.25) is 17.7 Å². The summed E-state index contributed by atoms with van der Waals surface area (Å²) in [5.74, 6) is -1.94. The van der Waals surface area contributed by atoms with Gasteiger partial charge in [0.15, 0.2) is 6.23 Å². The monoisotopic (exact) mass is 1120 g/mol. The number of aliphatic hydroxyl groups is 1. The summed E-state index contributed by atoms with van der Waals surface area (Å²) >= 11 is 14.3. The van der Waals surface area contributed by atoms with Gasteiger partial charge in [0.1, 0.15) is 37.3 Å². The lowest BCUT2D eigenvalue weighted by atomic mass is 9.80. The predicted molar refractivity (Wildman–Crippen MR) is 298 cm³/mol. The van der Waals surface area contributed by atoms with Crippen molar-refractivity contribution in [1.82, 2.24) is 35.3 Å². The molecule has 3 aromatic carbocycles. The van der Waals surface area contributed by atoms with E-state index in [1.54, 1.807) is 11.3 Å². The number of fused-ring (bicyclic) bond motifs is 1. The zero-order chi connectivity index (χ0) is 55.3. The summed E-state index contributed by atoms with van der Waals surface area (Å²) in [6, 6.07) is 20.3. The fraction of sp³-hybridized carbons (Fsp3) is 0.439. The molecule has 0 saturated carbocycles. The highest BCUT2D eigenvalue weighted by molar-refractivity contribution is 7.13. The van der Waals surface area contributed by atoms with Gasteiger partial charge in [0, 0.05) is 61.2 Å². The molecule has 3 N–H and O–H groups in total. The molecule has 2 unspecified atom stereocenters. The van der Waals surface area contributed by atoms with Gasteiger partial charge in [-0.15, -0.1) is 11.3 Å². The lowest BCUT2D eigenvalue weighted by Gasteiger charge is -2.33. The highest BCUT2D eigenvalue weighted by Gasteiger charge is 2.44. The molecule has 18 nitrogen and oxygen atoms in total. The first-order valence-corrected chi connectivity index (χ1v) is 27.7. The fourth-order valence-electron chi connectivity index (χ4n) is 9.27. The Hall–Kier alpha value is -6.16. The van der Waals surface area contributed by atoms with E-state index in [1.807, 2.05) is 112 Å². The summed E-state index contributed by atoms with van der Waals surface area (Å²) in [5, 5.41) is 23.4. The minimum atomic E-state index is -0.902. The molecular formula is C57H66Cl2N8O10S. The third-order valence-corrected chi connectivity index (χ3v) is 15.2. The molecule has 5 atom stereocenters. The number of benzene rings is 3. The summed E-state index contributed by atoms with van der Waals surface area (Å²) in [5.41, 5.74) is 8.04. The van der Waals surface area contributed by atoms with Crippen molar-refractivity contribution >= 4 is 75.3 Å². The summed E-state index contributed by atoms with van der Waals surface area (Å²) in [4.78, 5) is 68.2. The molecule has 2 saturated heterocycles. The lowest BCUT2D eigenvalue weighted by Crippen LogP contribution is -2.50. The molecule has 0 radical (unpaired) electrons. The highest BCUT2D eigenvalue weighted by Crippen LogP contribution is 2.37. The Bertz CT molecular complexity index is 3050. The van der Waals surface area contributed by atoms with E-state index >= 15 is 0 Å². The van der Waals surface area contributed by atoms with Crippen LogP contribution in [0.2, 0.25) is 10.0 Å². The number of amides is 4. The van der Waals surface area contributed by atoms with Crippen LogP contribution in [0, 0.1) is 18.3 Å². The maximum Gasteiger partial charge on any atom is 0.271 e. The molecule has 2 aliphatic heterocycles. The topological polar surface area (TPSA) is 218 Å². The third-order valence-electron chi connectivity index (χ3n) is 13.5. The van der Waals surface area contributed by atoms with Crippen LogP contribution in [0.4, 0.5) is 0 Å².